The van der Waals surface area contributed by atoms with E-state index in [0.717, 1.165) is 29.7 Å². The predicted molar refractivity (Wildman–Crippen MR) is 111 cm³/mol. The Bertz CT molecular complexity index is 765. The molecule has 27 heavy (non-hydrogen) atoms. The third-order valence-corrected chi connectivity index (χ3v) is 4.41. The SMILES string of the molecule is CCCCOC1=CC(=Nc2ccc(C(C)NCCO)cc2C)C(N)=CC1=N. The lowest BCUT2D eigenvalue weighted by molar-refractivity contribution is 0.226. The van der Waals surface area contributed by atoms with Crippen LogP contribution in [0.3, 0.4) is 0 Å². The Labute approximate surface area is 161 Å². The van der Waals surface area contributed by atoms with E-state index in [1.165, 1.54) is 0 Å². The number of ether oxygens (including phenoxy) is 1. The molecule has 5 N–H and O–H groups in total. The molecule has 1 aliphatic rings. The highest BCUT2D eigenvalue weighted by Gasteiger charge is 2.16. The fourth-order valence-corrected chi connectivity index (χ4v) is 2.73. The van der Waals surface area contributed by atoms with Crippen LogP contribution in [0, 0.1) is 12.3 Å². The maximum absolute atomic E-state index is 8.95. The van der Waals surface area contributed by atoms with Crippen LogP contribution in [0.4, 0.5) is 5.69 Å². The summed E-state index contributed by atoms with van der Waals surface area (Å²) in [4.78, 5) is 4.68. The summed E-state index contributed by atoms with van der Waals surface area (Å²) in [7, 11) is 0. The summed E-state index contributed by atoms with van der Waals surface area (Å²) < 4.78 is 5.70. The molecule has 0 fully saturated rings. The molecule has 0 spiro atoms. The molecule has 2 rings (SSSR count). The molecule has 1 aromatic rings. The number of aliphatic hydroxyl groups excluding tert-OH is 1. The first kappa shape index (κ1) is 20.9. The fraction of sp³-hybridized carbons (Fsp3) is 0.429. The number of nitrogens with one attached hydrogen (secondary N) is 2. The fourth-order valence-electron chi connectivity index (χ4n) is 2.73. The van der Waals surface area contributed by atoms with E-state index in [1.54, 1.807) is 12.2 Å². The molecule has 1 aromatic carbocycles. The van der Waals surface area contributed by atoms with E-state index in [9.17, 15) is 0 Å². The number of aliphatic imine (C=N–C) groups is 1. The molecular weight excluding hydrogens is 340 g/mol. The molecule has 1 aliphatic carbocycles. The Morgan fingerprint density at radius 2 is 2.11 bits per heavy atom. The first-order valence-electron chi connectivity index (χ1n) is 9.40. The summed E-state index contributed by atoms with van der Waals surface area (Å²) in [6, 6.07) is 6.22. The lowest BCUT2D eigenvalue weighted by atomic mass is 10.0. The van der Waals surface area contributed by atoms with Crippen molar-refractivity contribution >= 4 is 17.1 Å². The Morgan fingerprint density at radius 1 is 1.33 bits per heavy atom. The number of benzene rings is 1. The van der Waals surface area contributed by atoms with Gasteiger partial charge < -0.3 is 20.9 Å². The number of aryl methyl sites for hydroxylation is 1. The number of hydrogen-bond donors (Lipinski definition) is 4. The molecule has 0 amide bonds. The molecule has 1 unspecified atom stereocenters. The van der Waals surface area contributed by atoms with E-state index in [2.05, 4.69) is 30.2 Å². The molecule has 0 saturated heterocycles. The predicted octanol–water partition coefficient (Wildman–Crippen LogP) is 3.29. The minimum Gasteiger partial charge on any atom is -0.491 e. The summed E-state index contributed by atoms with van der Waals surface area (Å²) in [6.45, 7) is 7.42. The molecule has 6 heteroatoms. The van der Waals surface area contributed by atoms with Gasteiger partial charge in [0.1, 0.15) is 5.76 Å². The average Bonchev–Trinajstić information content (AvgIpc) is 2.64. The maximum Gasteiger partial charge on any atom is 0.146 e. The average molecular weight is 370 g/mol. The monoisotopic (exact) mass is 370 g/mol. The van der Waals surface area contributed by atoms with Crippen LogP contribution in [0.1, 0.15) is 43.9 Å². The van der Waals surface area contributed by atoms with Gasteiger partial charge >= 0.3 is 0 Å². The highest BCUT2D eigenvalue weighted by Crippen LogP contribution is 2.25. The van der Waals surface area contributed by atoms with Crippen molar-refractivity contribution in [1.29, 1.82) is 5.41 Å². The topological polar surface area (TPSA) is 104 Å². The first-order valence-corrected chi connectivity index (χ1v) is 9.40. The van der Waals surface area contributed by atoms with E-state index < -0.39 is 0 Å². The molecule has 1 atom stereocenters. The van der Waals surface area contributed by atoms with Gasteiger partial charge in [-0.3, -0.25) is 5.41 Å². The quantitative estimate of drug-likeness (QED) is 0.395. The Balaban J connectivity index is 2.22. The van der Waals surface area contributed by atoms with Gasteiger partial charge in [-0.15, -0.1) is 0 Å². The molecule has 0 saturated carbocycles. The van der Waals surface area contributed by atoms with Crippen molar-refractivity contribution in [3.8, 4) is 0 Å². The van der Waals surface area contributed by atoms with Gasteiger partial charge in [-0.1, -0.05) is 25.5 Å². The van der Waals surface area contributed by atoms with E-state index in [1.807, 2.05) is 19.1 Å². The van der Waals surface area contributed by atoms with E-state index >= 15 is 0 Å². The number of nitrogens with zero attached hydrogens (tertiary/aromatic N) is 1. The largest absolute Gasteiger partial charge is 0.491 e. The van der Waals surface area contributed by atoms with E-state index in [0.29, 0.717) is 30.3 Å². The summed E-state index contributed by atoms with van der Waals surface area (Å²) in [5, 5.41) is 20.2. The van der Waals surface area contributed by atoms with Crippen molar-refractivity contribution in [3.05, 3.63) is 52.9 Å². The molecule has 0 bridgehead atoms. The van der Waals surface area contributed by atoms with Gasteiger partial charge in [-0.2, -0.15) is 0 Å². The van der Waals surface area contributed by atoms with Gasteiger partial charge in [0.25, 0.3) is 0 Å². The minimum absolute atomic E-state index is 0.116. The molecule has 0 aliphatic heterocycles. The lowest BCUT2D eigenvalue weighted by Crippen LogP contribution is -2.22. The second kappa shape index (κ2) is 10.0. The standard InChI is InChI=1S/C21H30N4O2/c1-4-5-10-27-21-13-20(17(22)12-18(21)23)25-19-7-6-16(11-14(19)2)15(3)24-8-9-26/h6-7,11-13,15,23-24,26H,4-5,8-10,22H2,1-3H3. The van der Waals surface area contributed by atoms with Crippen molar-refractivity contribution in [3.63, 3.8) is 0 Å². The third-order valence-electron chi connectivity index (χ3n) is 4.41. The smallest absolute Gasteiger partial charge is 0.146 e. The molecule has 0 aromatic heterocycles. The van der Waals surface area contributed by atoms with Crippen molar-refractivity contribution < 1.29 is 9.84 Å². The van der Waals surface area contributed by atoms with E-state index in [4.69, 9.17) is 21.0 Å². The van der Waals surface area contributed by atoms with Crippen molar-refractivity contribution in [2.45, 2.75) is 39.7 Å². The number of hydrogen-bond acceptors (Lipinski definition) is 6. The Morgan fingerprint density at radius 3 is 2.78 bits per heavy atom. The van der Waals surface area contributed by atoms with Crippen molar-refractivity contribution in [1.82, 2.24) is 5.32 Å². The summed E-state index contributed by atoms with van der Waals surface area (Å²) in [6.07, 6.45) is 5.31. The number of rotatable bonds is 9. The third kappa shape index (κ3) is 5.77. The summed E-state index contributed by atoms with van der Waals surface area (Å²) in [5.74, 6) is 0.507. The summed E-state index contributed by atoms with van der Waals surface area (Å²) >= 11 is 0. The highest BCUT2D eigenvalue weighted by atomic mass is 16.5. The second-order valence-electron chi connectivity index (χ2n) is 6.67. The number of aliphatic hydroxyl groups is 1. The van der Waals surface area contributed by atoms with E-state index in [-0.39, 0.29) is 18.4 Å². The highest BCUT2D eigenvalue weighted by molar-refractivity contribution is 6.22. The molecule has 146 valence electrons. The number of nitrogens with two attached hydrogens (primary N) is 1. The Kier molecular flexibility index (Phi) is 7.76. The molecule has 6 nitrogen and oxygen atoms in total. The molecular formula is C21H30N4O2. The zero-order chi connectivity index (χ0) is 19.8. The van der Waals surface area contributed by atoms with Crippen LogP contribution in [0.2, 0.25) is 0 Å². The van der Waals surface area contributed by atoms with Gasteiger partial charge in [-0.05, 0) is 43.5 Å². The number of unbranched alkanes of at least 4 members (excludes halogenated alkanes) is 1. The van der Waals surface area contributed by atoms with Crippen LogP contribution >= 0.6 is 0 Å². The maximum atomic E-state index is 8.95. The number of allylic oxidation sites excluding steroid dienone is 2. The van der Waals surface area contributed by atoms with Crippen LogP contribution < -0.4 is 11.1 Å². The minimum atomic E-state index is 0.116. The zero-order valence-electron chi connectivity index (χ0n) is 16.4. The van der Waals surface area contributed by atoms with Crippen LogP contribution in [0.25, 0.3) is 0 Å². The Hall–Kier alpha value is -2.44. The summed E-state index contributed by atoms with van der Waals surface area (Å²) in [5.41, 5.74) is 10.4. The zero-order valence-corrected chi connectivity index (χ0v) is 16.4. The normalized spacial score (nSPS) is 16.9. The van der Waals surface area contributed by atoms with Gasteiger partial charge in [-0.25, -0.2) is 4.99 Å². The first-order chi connectivity index (χ1) is 13.0. The van der Waals surface area contributed by atoms with Crippen LogP contribution in [0.15, 0.2) is 46.8 Å². The molecule has 0 heterocycles. The van der Waals surface area contributed by atoms with Crippen LogP contribution in [-0.2, 0) is 4.74 Å². The van der Waals surface area contributed by atoms with Gasteiger partial charge in [0.05, 0.1) is 36.0 Å². The lowest BCUT2D eigenvalue weighted by Gasteiger charge is -2.17. The van der Waals surface area contributed by atoms with Crippen molar-refractivity contribution in [2.24, 2.45) is 10.7 Å². The second-order valence-corrected chi connectivity index (χ2v) is 6.67. The van der Waals surface area contributed by atoms with Crippen LogP contribution in [-0.4, -0.2) is 36.3 Å². The van der Waals surface area contributed by atoms with Crippen molar-refractivity contribution in [2.75, 3.05) is 19.8 Å². The van der Waals surface area contributed by atoms with Gasteiger partial charge in [0, 0.05) is 18.7 Å². The van der Waals surface area contributed by atoms with Gasteiger partial charge in [0.2, 0.25) is 0 Å². The van der Waals surface area contributed by atoms with Crippen LogP contribution in [0.5, 0.6) is 0 Å². The molecule has 0 radical (unpaired) electrons. The van der Waals surface area contributed by atoms with Gasteiger partial charge in [0.15, 0.2) is 0 Å².